The molecular weight excluding hydrogens is 412 g/mol. The highest BCUT2D eigenvalue weighted by atomic mass is 16.2. The number of nitrogens with zero attached hydrogens (tertiary/aromatic N) is 2. The minimum atomic E-state index is -0.152. The molecule has 5 aliphatic rings. The second-order valence-corrected chi connectivity index (χ2v) is 11.3. The van der Waals surface area contributed by atoms with Crippen molar-refractivity contribution < 1.29 is 9.59 Å². The van der Waals surface area contributed by atoms with E-state index in [4.69, 9.17) is 0 Å². The number of hydrogen-bond acceptors (Lipinski definition) is 4. The van der Waals surface area contributed by atoms with Crippen LogP contribution in [0, 0.1) is 30.1 Å². The lowest BCUT2D eigenvalue weighted by atomic mass is 9.49. The standard InChI is InChI=1S/C27H40N4O2/c1-3-30-6-8-31(9-7-30)23-4-5-24(19(2)10-23)29-26(33)18-28-25(32)17-27-14-20-11-21(15-27)13-22(12-20)16-27/h4-5,10,20-22H,3,6-9,11-18H2,1-2H3,(H,28,32)(H,29,33). The molecule has 2 N–H and O–H groups in total. The maximum absolute atomic E-state index is 12.7. The maximum atomic E-state index is 12.7. The Kier molecular flexibility index (Phi) is 6.39. The molecule has 1 saturated heterocycles. The predicted octanol–water partition coefficient (Wildman–Crippen LogP) is 3.80. The Morgan fingerprint density at radius 3 is 2.18 bits per heavy atom. The predicted molar refractivity (Wildman–Crippen MR) is 132 cm³/mol. The number of piperazine rings is 1. The van der Waals surface area contributed by atoms with Gasteiger partial charge in [0.1, 0.15) is 0 Å². The van der Waals surface area contributed by atoms with Gasteiger partial charge in [0.2, 0.25) is 11.8 Å². The van der Waals surface area contributed by atoms with E-state index in [1.54, 1.807) is 0 Å². The van der Waals surface area contributed by atoms with Crippen molar-refractivity contribution in [3.63, 3.8) is 0 Å². The number of carbonyl (C=O) groups is 2. The molecule has 33 heavy (non-hydrogen) atoms. The number of nitrogens with one attached hydrogen (secondary N) is 2. The molecule has 0 unspecified atom stereocenters. The number of amides is 2. The van der Waals surface area contributed by atoms with E-state index in [0.29, 0.717) is 6.42 Å². The zero-order valence-electron chi connectivity index (χ0n) is 20.4. The second kappa shape index (κ2) is 9.28. The molecule has 1 heterocycles. The zero-order valence-corrected chi connectivity index (χ0v) is 20.4. The minimum absolute atomic E-state index is 0.0467. The fourth-order valence-corrected chi connectivity index (χ4v) is 7.59. The van der Waals surface area contributed by atoms with E-state index in [-0.39, 0.29) is 23.8 Å². The lowest BCUT2D eigenvalue weighted by Gasteiger charge is -2.56. The van der Waals surface area contributed by atoms with Crippen molar-refractivity contribution in [1.82, 2.24) is 10.2 Å². The third-order valence-corrected chi connectivity index (χ3v) is 8.82. The summed E-state index contributed by atoms with van der Waals surface area (Å²) in [6.07, 6.45) is 8.42. The van der Waals surface area contributed by atoms with Crippen LogP contribution in [0.25, 0.3) is 0 Å². The van der Waals surface area contributed by atoms with Gasteiger partial charge in [-0.25, -0.2) is 0 Å². The van der Waals surface area contributed by atoms with Gasteiger partial charge >= 0.3 is 0 Å². The lowest BCUT2D eigenvalue weighted by Crippen LogP contribution is -2.48. The largest absolute Gasteiger partial charge is 0.369 e. The summed E-state index contributed by atoms with van der Waals surface area (Å²) in [6.45, 7) is 9.66. The number of aryl methyl sites for hydroxylation is 1. The quantitative estimate of drug-likeness (QED) is 0.661. The van der Waals surface area contributed by atoms with Gasteiger partial charge in [-0.2, -0.15) is 0 Å². The maximum Gasteiger partial charge on any atom is 0.243 e. The third-order valence-electron chi connectivity index (χ3n) is 8.82. The highest BCUT2D eigenvalue weighted by Crippen LogP contribution is 2.61. The van der Waals surface area contributed by atoms with Crippen molar-refractivity contribution >= 4 is 23.2 Å². The first-order chi connectivity index (χ1) is 15.9. The highest BCUT2D eigenvalue weighted by Gasteiger charge is 2.51. The van der Waals surface area contributed by atoms with Gasteiger partial charge in [-0.3, -0.25) is 9.59 Å². The number of hydrogen-bond donors (Lipinski definition) is 2. The average Bonchev–Trinajstić information content (AvgIpc) is 2.78. The first-order valence-corrected chi connectivity index (χ1v) is 13.1. The molecule has 180 valence electrons. The van der Waals surface area contributed by atoms with Crippen LogP contribution in [0.3, 0.4) is 0 Å². The second-order valence-electron chi connectivity index (χ2n) is 11.3. The number of rotatable bonds is 7. The fourth-order valence-electron chi connectivity index (χ4n) is 7.59. The van der Waals surface area contributed by atoms with Crippen LogP contribution in [0.5, 0.6) is 0 Å². The summed E-state index contributed by atoms with van der Waals surface area (Å²) in [4.78, 5) is 30.1. The van der Waals surface area contributed by atoms with Crippen LogP contribution in [-0.4, -0.2) is 56.0 Å². The molecule has 1 aliphatic heterocycles. The summed E-state index contributed by atoms with van der Waals surface area (Å²) in [6, 6.07) is 6.24. The van der Waals surface area contributed by atoms with Gasteiger partial charge in [-0.1, -0.05) is 6.92 Å². The molecule has 4 saturated carbocycles. The summed E-state index contributed by atoms with van der Waals surface area (Å²) in [5.41, 5.74) is 3.31. The first-order valence-electron chi connectivity index (χ1n) is 13.1. The van der Waals surface area contributed by atoms with Crippen LogP contribution in [0.2, 0.25) is 0 Å². The molecule has 5 fully saturated rings. The van der Waals surface area contributed by atoms with Gasteiger partial charge in [0, 0.05) is 44.0 Å². The Balaban J connectivity index is 1.10. The van der Waals surface area contributed by atoms with Gasteiger partial charge in [0.05, 0.1) is 6.54 Å². The van der Waals surface area contributed by atoms with Crippen molar-refractivity contribution in [2.75, 3.05) is 49.5 Å². The lowest BCUT2D eigenvalue weighted by molar-refractivity contribution is -0.131. The van der Waals surface area contributed by atoms with E-state index in [1.807, 2.05) is 13.0 Å². The summed E-state index contributed by atoms with van der Waals surface area (Å²) in [5.74, 6) is 2.42. The van der Waals surface area contributed by atoms with Gasteiger partial charge < -0.3 is 20.4 Å². The van der Waals surface area contributed by atoms with Gasteiger partial charge in [0.15, 0.2) is 0 Å². The van der Waals surface area contributed by atoms with Gasteiger partial charge in [-0.05, 0) is 98.9 Å². The smallest absolute Gasteiger partial charge is 0.243 e. The number of carbonyl (C=O) groups excluding carboxylic acids is 2. The Morgan fingerprint density at radius 2 is 1.61 bits per heavy atom. The first kappa shape index (κ1) is 22.7. The molecule has 0 atom stereocenters. The molecule has 2 amide bonds. The van der Waals surface area contributed by atoms with Crippen molar-refractivity contribution in [2.45, 2.75) is 58.8 Å². The molecule has 4 bridgehead atoms. The van der Waals surface area contributed by atoms with Crippen LogP contribution < -0.4 is 15.5 Å². The number of anilines is 2. The number of benzene rings is 1. The van der Waals surface area contributed by atoms with E-state index in [0.717, 1.165) is 61.7 Å². The molecule has 1 aromatic rings. The Hall–Kier alpha value is -2.08. The molecule has 0 spiro atoms. The van der Waals surface area contributed by atoms with E-state index < -0.39 is 0 Å². The van der Waals surface area contributed by atoms with Crippen LogP contribution in [0.1, 0.15) is 57.4 Å². The van der Waals surface area contributed by atoms with E-state index >= 15 is 0 Å². The molecule has 6 nitrogen and oxygen atoms in total. The Bertz CT molecular complexity index is 855. The highest BCUT2D eigenvalue weighted by molar-refractivity contribution is 5.95. The van der Waals surface area contributed by atoms with Gasteiger partial charge in [-0.15, -0.1) is 0 Å². The van der Waals surface area contributed by atoms with E-state index in [9.17, 15) is 9.59 Å². The summed E-state index contributed by atoms with van der Waals surface area (Å²) >= 11 is 0. The van der Waals surface area contributed by atoms with Crippen LogP contribution in [0.15, 0.2) is 18.2 Å². The SMILES string of the molecule is CCN1CCN(c2ccc(NC(=O)CNC(=O)CC34CC5CC(CC(C5)C3)C4)c(C)c2)CC1. The molecular formula is C27H40N4O2. The van der Waals surface area contributed by atoms with Crippen molar-refractivity contribution in [3.05, 3.63) is 23.8 Å². The third kappa shape index (κ3) is 5.06. The molecule has 0 radical (unpaired) electrons. The van der Waals surface area contributed by atoms with Crippen LogP contribution in [-0.2, 0) is 9.59 Å². The molecule has 6 heteroatoms. The molecule has 4 aliphatic carbocycles. The summed E-state index contributed by atoms with van der Waals surface area (Å²) in [7, 11) is 0. The van der Waals surface area contributed by atoms with E-state index in [1.165, 1.54) is 44.2 Å². The van der Waals surface area contributed by atoms with Crippen LogP contribution >= 0.6 is 0 Å². The van der Waals surface area contributed by atoms with Crippen molar-refractivity contribution in [1.29, 1.82) is 0 Å². The van der Waals surface area contributed by atoms with E-state index in [2.05, 4.69) is 39.5 Å². The normalized spacial score (nSPS) is 31.0. The Labute approximate surface area is 198 Å². The summed E-state index contributed by atoms with van der Waals surface area (Å²) < 4.78 is 0. The van der Waals surface area contributed by atoms with Crippen molar-refractivity contribution in [2.24, 2.45) is 23.2 Å². The number of likely N-dealkylation sites (N-methyl/N-ethyl adjacent to an activating group) is 1. The minimum Gasteiger partial charge on any atom is -0.369 e. The molecule has 0 aromatic heterocycles. The molecule has 6 rings (SSSR count). The van der Waals surface area contributed by atoms with Crippen molar-refractivity contribution in [3.8, 4) is 0 Å². The van der Waals surface area contributed by atoms with Crippen LogP contribution in [0.4, 0.5) is 11.4 Å². The average molecular weight is 453 g/mol. The zero-order chi connectivity index (χ0) is 23.0. The Morgan fingerprint density at radius 1 is 0.970 bits per heavy atom. The monoisotopic (exact) mass is 452 g/mol. The fraction of sp³-hybridized carbons (Fsp3) is 0.704. The van der Waals surface area contributed by atoms with Gasteiger partial charge in [0.25, 0.3) is 0 Å². The topological polar surface area (TPSA) is 64.7 Å². The molecule has 1 aromatic carbocycles. The summed E-state index contributed by atoms with van der Waals surface area (Å²) in [5, 5.41) is 5.90.